The molecule has 0 aliphatic carbocycles. The molecule has 0 fully saturated rings. The van der Waals surface area contributed by atoms with Crippen molar-refractivity contribution in [1.82, 2.24) is 15.0 Å². The number of hydrogen-bond acceptors (Lipinski definition) is 6. The number of pyridine rings is 1. The van der Waals surface area contributed by atoms with Crippen LogP contribution in [-0.4, -0.2) is 21.6 Å². The first-order valence-corrected chi connectivity index (χ1v) is 7.23. The van der Waals surface area contributed by atoms with Gasteiger partial charge in [-0.05, 0) is 42.0 Å². The summed E-state index contributed by atoms with van der Waals surface area (Å²) in [6.07, 6.45) is 5.47. The molecule has 3 rings (SSSR count). The Morgan fingerprint density at radius 1 is 1.15 bits per heavy atom. The Hall–Kier alpha value is -2.21. The van der Waals surface area contributed by atoms with Gasteiger partial charge < -0.3 is 10.5 Å². The van der Waals surface area contributed by atoms with Crippen molar-refractivity contribution >= 4 is 27.5 Å². The van der Waals surface area contributed by atoms with Crippen molar-refractivity contribution in [3.8, 4) is 5.88 Å². The van der Waals surface area contributed by atoms with Crippen molar-refractivity contribution in [2.24, 2.45) is 0 Å². The summed E-state index contributed by atoms with van der Waals surface area (Å²) in [6.45, 7) is 0.601. The summed E-state index contributed by atoms with van der Waals surface area (Å²) >= 11 is 1.53. The van der Waals surface area contributed by atoms with Gasteiger partial charge in [-0.3, -0.25) is 4.98 Å². The molecule has 3 aromatic rings. The van der Waals surface area contributed by atoms with Gasteiger partial charge in [-0.1, -0.05) is 0 Å². The molecule has 3 heterocycles. The molecule has 20 heavy (non-hydrogen) atoms. The van der Waals surface area contributed by atoms with Gasteiger partial charge in [0.25, 0.3) is 0 Å². The summed E-state index contributed by atoms with van der Waals surface area (Å²) in [5.74, 6) is 0.826. The predicted octanol–water partition coefficient (Wildman–Crippen LogP) is 2.68. The van der Waals surface area contributed by atoms with E-state index in [0.29, 0.717) is 12.5 Å². The number of nitrogen functional groups attached to an aromatic ring is 1. The number of anilines is 1. The smallest absolute Gasteiger partial charge is 0.227 e. The summed E-state index contributed by atoms with van der Waals surface area (Å²) in [5.41, 5.74) is 6.93. The minimum Gasteiger partial charge on any atom is -0.477 e. The van der Waals surface area contributed by atoms with Crippen LogP contribution < -0.4 is 10.5 Å². The van der Waals surface area contributed by atoms with Crippen LogP contribution in [0.25, 0.3) is 10.2 Å². The van der Waals surface area contributed by atoms with E-state index in [1.807, 2.05) is 23.6 Å². The summed E-state index contributed by atoms with van der Waals surface area (Å²) in [5, 5.41) is 2.89. The molecule has 0 radical (unpaired) electrons. The van der Waals surface area contributed by atoms with E-state index in [2.05, 4.69) is 15.0 Å². The molecule has 0 bridgehead atoms. The highest BCUT2D eigenvalue weighted by atomic mass is 32.1. The number of fused-ring (bicyclic) bond motifs is 1. The van der Waals surface area contributed by atoms with Crippen LogP contribution in [0.4, 0.5) is 5.95 Å². The molecule has 3 aromatic heterocycles. The Kier molecular flexibility index (Phi) is 3.73. The quantitative estimate of drug-likeness (QED) is 0.730. The first-order chi connectivity index (χ1) is 9.83. The Labute approximate surface area is 120 Å². The van der Waals surface area contributed by atoms with E-state index in [1.54, 1.807) is 12.4 Å². The van der Waals surface area contributed by atoms with Gasteiger partial charge in [0.15, 0.2) is 0 Å². The van der Waals surface area contributed by atoms with Crippen LogP contribution >= 0.6 is 11.3 Å². The van der Waals surface area contributed by atoms with Crippen molar-refractivity contribution < 1.29 is 4.74 Å². The fraction of sp³-hybridized carbons (Fsp3) is 0.214. The zero-order valence-electron chi connectivity index (χ0n) is 10.8. The monoisotopic (exact) mass is 286 g/mol. The van der Waals surface area contributed by atoms with Gasteiger partial charge in [-0.15, -0.1) is 11.3 Å². The molecule has 0 saturated carbocycles. The predicted molar refractivity (Wildman–Crippen MR) is 79.9 cm³/mol. The van der Waals surface area contributed by atoms with E-state index in [4.69, 9.17) is 10.5 Å². The highest BCUT2D eigenvalue weighted by Crippen LogP contribution is 2.27. The van der Waals surface area contributed by atoms with Crippen LogP contribution in [0.1, 0.15) is 12.0 Å². The van der Waals surface area contributed by atoms with Gasteiger partial charge in [0.2, 0.25) is 11.8 Å². The second-order valence-electron chi connectivity index (χ2n) is 4.33. The van der Waals surface area contributed by atoms with E-state index in [1.165, 1.54) is 16.9 Å². The molecule has 0 atom stereocenters. The van der Waals surface area contributed by atoms with Crippen molar-refractivity contribution in [2.45, 2.75) is 12.8 Å². The van der Waals surface area contributed by atoms with Crippen molar-refractivity contribution in [2.75, 3.05) is 12.3 Å². The zero-order chi connectivity index (χ0) is 13.8. The molecule has 0 amide bonds. The van der Waals surface area contributed by atoms with Gasteiger partial charge in [0.05, 0.1) is 12.0 Å². The molecule has 5 nitrogen and oxygen atoms in total. The summed E-state index contributed by atoms with van der Waals surface area (Å²) in [7, 11) is 0. The molecule has 0 aliphatic heterocycles. The minimum absolute atomic E-state index is 0.254. The third-order valence-corrected chi connectivity index (χ3v) is 3.71. The first kappa shape index (κ1) is 12.8. The Bertz CT molecular complexity index is 699. The number of nitrogens with two attached hydrogens (primary N) is 1. The second kappa shape index (κ2) is 5.83. The Balaban J connectivity index is 1.61. The van der Waals surface area contributed by atoms with Gasteiger partial charge in [-0.25, -0.2) is 4.98 Å². The topological polar surface area (TPSA) is 73.9 Å². The van der Waals surface area contributed by atoms with Crippen LogP contribution in [0.15, 0.2) is 36.0 Å². The number of aryl methyl sites for hydroxylation is 1. The zero-order valence-corrected chi connectivity index (χ0v) is 11.6. The number of nitrogens with zero attached hydrogens (tertiary/aromatic N) is 3. The molecule has 6 heteroatoms. The number of rotatable bonds is 5. The molecule has 0 spiro atoms. The van der Waals surface area contributed by atoms with E-state index in [-0.39, 0.29) is 5.95 Å². The van der Waals surface area contributed by atoms with Crippen LogP contribution in [-0.2, 0) is 6.42 Å². The van der Waals surface area contributed by atoms with E-state index in [0.717, 1.165) is 23.1 Å². The molecule has 0 saturated heterocycles. The highest BCUT2D eigenvalue weighted by Gasteiger charge is 2.08. The SMILES string of the molecule is Nc1nc(OCCCc2ccncc2)c2ccsc2n1. The summed E-state index contributed by atoms with van der Waals surface area (Å²) in [4.78, 5) is 13.2. The van der Waals surface area contributed by atoms with E-state index >= 15 is 0 Å². The number of hydrogen-bond donors (Lipinski definition) is 1. The summed E-state index contributed by atoms with van der Waals surface area (Å²) < 4.78 is 5.74. The number of aromatic nitrogens is 3. The first-order valence-electron chi connectivity index (χ1n) is 6.35. The lowest BCUT2D eigenvalue weighted by molar-refractivity contribution is 0.303. The van der Waals surface area contributed by atoms with Crippen LogP contribution in [0.5, 0.6) is 5.88 Å². The molecular weight excluding hydrogens is 272 g/mol. The molecule has 2 N–H and O–H groups in total. The summed E-state index contributed by atoms with van der Waals surface area (Å²) in [6, 6.07) is 5.98. The van der Waals surface area contributed by atoms with E-state index in [9.17, 15) is 0 Å². The third-order valence-electron chi connectivity index (χ3n) is 2.91. The standard InChI is InChI=1S/C14H14N4OS/c15-14-17-12(11-5-9-20-13(11)18-14)19-8-1-2-10-3-6-16-7-4-10/h3-7,9H,1-2,8H2,(H2,15,17,18). The molecular formula is C14H14N4OS. The fourth-order valence-electron chi connectivity index (χ4n) is 1.95. The average molecular weight is 286 g/mol. The van der Waals surface area contributed by atoms with Gasteiger partial charge in [-0.2, -0.15) is 4.98 Å². The maximum absolute atomic E-state index is 5.74. The lowest BCUT2D eigenvalue weighted by Gasteiger charge is -2.07. The molecule has 0 unspecified atom stereocenters. The van der Waals surface area contributed by atoms with Crippen molar-refractivity contribution in [3.05, 3.63) is 41.5 Å². The largest absolute Gasteiger partial charge is 0.477 e. The average Bonchev–Trinajstić information content (AvgIpc) is 2.92. The third kappa shape index (κ3) is 2.85. The second-order valence-corrected chi connectivity index (χ2v) is 5.23. The molecule has 0 aromatic carbocycles. The minimum atomic E-state index is 0.254. The van der Waals surface area contributed by atoms with Crippen molar-refractivity contribution in [1.29, 1.82) is 0 Å². The van der Waals surface area contributed by atoms with Crippen LogP contribution in [0, 0.1) is 0 Å². The van der Waals surface area contributed by atoms with Crippen molar-refractivity contribution in [3.63, 3.8) is 0 Å². The lowest BCUT2D eigenvalue weighted by atomic mass is 10.1. The van der Waals surface area contributed by atoms with E-state index < -0.39 is 0 Å². The van der Waals surface area contributed by atoms with Gasteiger partial charge in [0, 0.05) is 12.4 Å². The number of thiophene rings is 1. The lowest BCUT2D eigenvalue weighted by Crippen LogP contribution is -2.03. The van der Waals surface area contributed by atoms with Gasteiger partial charge >= 0.3 is 0 Å². The normalized spacial score (nSPS) is 10.8. The fourth-order valence-corrected chi connectivity index (χ4v) is 2.71. The Morgan fingerprint density at radius 3 is 2.85 bits per heavy atom. The molecule has 102 valence electrons. The van der Waals surface area contributed by atoms with Crippen LogP contribution in [0.2, 0.25) is 0 Å². The number of ether oxygens (including phenoxy) is 1. The Morgan fingerprint density at radius 2 is 2.00 bits per heavy atom. The van der Waals surface area contributed by atoms with Gasteiger partial charge in [0.1, 0.15) is 4.83 Å². The maximum atomic E-state index is 5.74. The highest BCUT2D eigenvalue weighted by molar-refractivity contribution is 7.16. The maximum Gasteiger partial charge on any atom is 0.227 e. The van der Waals surface area contributed by atoms with Crippen LogP contribution in [0.3, 0.4) is 0 Å². The molecule has 0 aliphatic rings.